The summed E-state index contributed by atoms with van der Waals surface area (Å²) in [7, 11) is 2.01. The van der Waals surface area contributed by atoms with Gasteiger partial charge in [-0.15, -0.1) is 0 Å². The van der Waals surface area contributed by atoms with E-state index in [9.17, 15) is 4.79 Å². The maximum absolute atomic E-state index is 11.7. The van der Waals surface area contributed by atoms with Crippen molar-refractivity contribution in [1.29, 1.82) is 0 Å². The van der Waals surface area contributed by atoms with Gasteiger partial charge in [-0.1, -0.05) is 18.2 Å². The van der Waals surface area contributed by atoms with Crippen molar-refractivity contribution in [1.82, 2.24) is 15.4 Å². The van der Waals surface area contributed by atoms with Crippen LogP contribution < -0.4 is 10.9 Å². The Bertz CT molecular complexity index is 729. The second-order valence-corrected chi connectivity index (χ2v) is 4.54. The Labute approximate surface area is 116 Å². The van der Waals surface area contributed by atoms with Crippen molar-refractivity contribution in [3.63, 3.8) is 0 Å². The Balaban J connectivity index is 1.65. The van der Waals surface area contributed by atoms with Crippen LogP contribution in [0, 0.1) is 0 Å². The summed E-state index contributed by atoms with van der Waals surface area (Å²) in [5, 5.41) is 1.18. The number of hydrogen-bond donors (Lipinski definition) is 2. The highest BCUT2D eigenvalue weighted by Crippen LogP contribution is 2.17. The Kier molecular flexibility index (Phi) is 3.26. The Morgan fingerprint density at radius 2 is 2.10 bits per heavy atom. The van der Waals surface area contributed by atoms with E-state index in [1.165, 1.54) is 17.2 Å². The number of aromatic nitrogens is 1. The smallest absolute Gasteiger partial charge is 0.301 e. The zero-order valence-electron chi connectivity index (χ0n) is 11.1. The van der Waals surface area contributed by atoms with E-state index in [2.05, 4.69) is 33.6 Å². The van der Waals surface area contributed by atoms with Crippen LogP contribution in [0.25, 0.3) is 10.9 Å². The van der Waals surface area contributed by atoms with Crippen LogP contribution in [0.5, 0.6) is 0 Å². The third-order valence-corrected chi connectivity index (χ3v) is 3.27. The molecule has 2 aromatic heterocycles. The van der Waals surface area contributed by atoms with Crippen LogP contribution in [0.15, 0.2) is 53.1 Å². The fourth-order valence-electron chi connectivity index (χ4n) is 2.20. The number of furan rings is 1. The Morgan fingerprint density at radius 3 is 2.85 bits per heavy atom. The predicted molar refractivity (Wildman–Crippen MR) is 75.9 cm³/mol. The molecule has 20 heavy (non-hydrogen) atoms. The summed E-state index contributed by atoms with van der Waals surface area (Å²) in [6.07, 6.45) is 1.47. The maximum Gasteiger partial charge on any atom is 0.301 e. The van der Waals surface area contributed by atoms with E-state index >= 15 is 0 Å². The molecule has 2 N–H and O–H groups in total. The first kappa shape index (κ1) is 12.5. The van der Waals surface area contributed by atoms with E-state index in [1.807, 2.05) is 19.2 Å². The van der Waals surface area contributed by atoms with E-state index in [1.54, 1.807) is 12.1 Å². The zero-order chi connectivity index (χ0) is 13.9. The molecule has 0 aliphatic heterocycles. The summed E-state index contributed by atoms with van der Waals surface area (Å²) in [4.78, 5) is 11.7. The van der Waals surface area contributed by atoms with E-state index < -0.39 is 0 Å². The average Bonchev–Trinajstić information content (AvgIpc) is 3.09. The molecule has 3 rings (SSSR count). The molecule has 0 aliphatic rings. The predicted octanol–water partition coefficient (Wildman–Crippen LogP) is 2.21. The summed E-state index contributed by atoms with van der Waals surface area (Å²) >= 11 is 0. The van der Waals surface area contributed by atoms with E-state index in [0.29, 0.717) is 6.54 Å². The minimum absolute atomic E-state index is 0.284. The molecular weight excluding hydrogens is 254 g/mol. The second kappa shape index (κ2) is 5.22. The molecule has 0 radical (unpaired) electrons. The molecule has 2 heterocycles. The number of benzene rings is 1. The molecule has 3 aromatic rings. The molecule has 0 saturated carbocycles. The lowest BCUT2D eigenvalue weighted by molar-refractivity contribution is 0.0903. The lowest BCUT2D eigenvalue weighted by atomic mass is 10.2. The van der Waals surface area contributed by atoms with Gasteiger partial charge in [0.15, 0.2) is 5.76 Å². The van der Waals surface area contributed by atoms with Crippen LogP contribution in [0.3, 0.4) is 0 Å². The van der Waals surface area contributed by atoms with Gasteiger partial charge in [0.2, 0.25) is 0 Å². The number of hydrogen-bond acceptors (Lipinski definition) is 3. The number of fused-ring (bicyclic) bond motifs is 1. The molecule has 102 valence electrons. The van der Waals surface area contributed by atoms with Crippen molar-refractivity contribution in [3.8, 4) is 0 Å². The summed E-state index contributed by atoms with van der Waals surface area (Å²) in [5.41, 5.74) is 7.78. The highest BCUT2D eigenvalue weighted by molar-refractivity contribution is 5.90. The maximum atomic E-state index is 11.7. The monoisotopic (exact) mass is 269 g/mol. The minimum Gasteiger partial charge on any atom is -0.459 e. The number of carbonyl (C=O) groups is 1. The van der Waals surface area contributed by atoms with Crippen LogP contribution in [0.2, 0.25) is 0 Å². The van der Waals surface area contributed by atoms with E-state index in [0.717, 1.165) is 5.69 Å². The van der Waals surface area contributed by atoms with Crippen LogP contribution in [-0.2, 0) is 13.6 Å². The van der Waals surface area contributed by atoms with Gasteiger partial charge in [-0.05, 0) is 29.7 Å². The van der Waals surface area contributed by atoms with E-state index in [-0.39, 0.29) is 11.7 Å². The number of carbonyl (C=O) groups excluding carboxylic acids is 1. The van der Waals surface area contributed by atoms with Gasteiger partial charge in [-0.2, -0.15) is 0 Å². The van der Waals surface area contributed by atoms with Crippen LogP contribution in [-0.4, -0.2) is 10.5 Å². The summed E-state index contributed by atoms with van der Waals surface area (Å²) in [6.45, 7) is 0.539. The third-order valence-electron chi connectivity index (χ3n) is 3.27. The van der Waals surface area contributed by atoms with E-state index in [4.69, 9.17) is 4.42 Å². The van der Waals surface area contributed by atoms with Crippen molar-refractivity contribution in [3.05, 3.63) is 60.2 Å². The lowest BCUT2D eigenvalue weighted by Crippen LogP contribution is -2.37. The number of para-hydroxylation sites is 1. The molecule has 5 heteroatoms. The van der Waals surface area contributed by atoms with Gasteiger partial charge in [0.25, 0.3) is 0 Å². The van der Waals surface area contributed by atoms with Crippen molar-refractivity contribution < 1.29 is 9.21 Å². The number of aryl methyl sites for hydroxylation is 1. The molecule has 1 aromatic carbocycles. The first-order valence-corrected chi connectivity index (χ1v) is 6.36. The van der Waals surface area contributed by atoms with Gasteiger partial charge in [-0.25, -0.2) is 5.43 Å². The quantitative estimate of drug-likeness (QED) is 0.714. The first-order chi connectivity index (χ1) is 9.75. The Morgan fingerprint density at radius 1 is 1.25 bits per heavy atom. The largest absolute Gasteiger partial charge is 0.459 e. The first-order valence-electron chi connectivity index (χ1n) is 6.36. The van der Waals surface area contributed by atoms with Crippen molar-refractivity contribution in [2.45, 2.75) is 6.54 Å². The normalized spacial score (nSPS) is 10.8. The summed E-state index contributed by atoms with van der Waals surface area (Å²) in [5.74, 6) is 0.00306. The van der Waals surface area contributed by atoms with Gasteiger partial charge in [0.1, 0.15) is 0 Å². The van der Waals surface area contributed by atoms with Gasteiger partial charge in [0.05, 0.1) is 12.8 Å². The number of nitrogens with zero attached hydrogens (tertiary/aromatic N) is 1. The van der Waals surface area contributed by atoms with Crippen LogP contribution in [0.4, 0.5) is 0 Å². The summed E-state index contributed by atoms with van der Waals surface area (Å²) < 4.78 is 7.11. The molecule has 0 bridgehead atoms. The fraction of sp³-hybridized carbons (Fsp3) is 0.133. The summed E-state index contributed by atoms with van der Waals surface area (Å²) in [6, 6.07) is 13.6. The number of rotatable bonds is 4. The molecule has 0 saturated heterocycles. The lowest BCUT2D eigenvalue weighted by Gasteiger charge is -2.07. The average molecular weight is 269 g/mol. The molecule has 5 nitrogen and oxygen atoms in total. The number of hydrazine groups is 1. The SMILES string of the molecule is Cn1c(CNNC(=O)c2ccco2)cc2ccccc21. The van der Waals surface area contributed by atoms with Gasteiger partial charge >= 0.3 is 5.91 Å². The van der Waals surface area contributed by atoms with Gasteiger partial charge in [0, 0.05) is 18.3 Å². The van der Waals surface area contributed by atoms with Crippen molar-refractivity contribution >= 4 is 16.8 Å². The van der Waals surface area contributed by atoms with Gasteiger partial charge < -0.3 is 8.98 Å². The third kappa shape index (κ3) is 2.31. The van der Waals surface area contributed by atoms with Crippen molar-refractivity contribution in [2.75, 3.05) is 0 Å². The van der Waals surface area contributed by atoms with Crippen molar-refractivity contribution in [2.24, 2.45) is 7.05 Å². The standard InChI is InChI=1S/C15H15N3O2/c1-18-12(9-11-5-2-3-6-13(11)18)10-16-17-15(19)14-7-4-8-20-14/h2-9,16H,10H2,1H3,(H,17,19). The molecule has 0 atom stereocenters. The number of nitrogens with one attached hydrogen (secondary N) is 2. The zero-order valence-corrected chi connectivity index (χ0v) is 11.1. The number of amides is 1. The van der Waals surface area contributed by atoms with Crippen LogP contribution in [0.1, 0.15) is 16.2 Å². The highest BCUT2D eigenvalue weighted by Gasteiger charge is 2.08. The minimum atomic E-state index is -0.284. The topological polar surface area (TPSA) is 59.2 Å². The molecule has 0 aliphatic carbocycles. The Hall–Kier alpha value is -2.53. The second-order valence-electron chi connectivity index (χ2n) is 4.54. The molecule has 1 amide bonds. The molecule has 0 unspecified atom stereocenters. The fourth-order valence-corrected chi connectivity index (χ4v) is 2.20. The molecule has 0 spiro atoms. The highest BCUT2D eigenvalue weighted by atomic mass is 16.3. The molecular formula is C15H15N3O2. The molecule has 0 fully saturated rings. The van der Waals surface area contributed by atoms with Gasteiger partial charge in [-0.3, -0.25) is 10.2 Å². The van der Waals surface area contributed by atoms with Crippen LogP contribution >= 0.6 is 0 Å².